The minimum atomic E-state index is -4.59. The highest BCUT2D eigenvalue weighted by molar-refractivity contribution is 9.10. The molecule has 12 aromatic rings. The highest BCUT2D eigenvalue weighted by Crippen LogP contribution is 2.40. The summed E-state index contributed by atoms with van der Waals surface area (Å²) in [7, 11) is 5.93. The Morgan fingerprint density at radius 3 is 1.14 bits per heavy atom. The third kappa shape index (κ3) is 39.2. The van der Waals surface area contributed by atoms with Crippen LogP contribution in [0.2, 0.25) is 35.2 Å². The molecular weight excluding hydrogens is 2090 g/mol. The molecule has 0 fully saturated rings. The van der Waals surface area contributed by atoms with Gasteiger partial charge in [0.15, 0.2) is 11.5 Å². The maximum Gasteiger partial charge on any atom is 0.416 e. The molecule has 0 unspecified atom stereocenters. The van der Waals surface area contributed by atoms with E-state index in [2.05, 4.69) is 62.8 Å². The number of benzene rings is 10. The molecule has 10 aromatic carbocycles. The number of hydrogen-bond donors (Lipinski definition) is 7. The Morgan fingerprint density at radius 1 is 0.411 bits per heavy atom. The number of alkyl halides is 3. The smallest absolute Gasteiger partial charge is 0.416 e. The molecule has 0 aliphatic rings. The average molecular weight is 2180 g/mol. The van der Waals surface area contributed by atoms with Crippen LogP contribution in [0.1, 0.15) is 79.6 Å². The second-order valence-corrected chi connectivity index (χ2v) is 32.9. The van der Waals surface area contributed by atoms with Gasteiger partial charge in [0.2, 0.25) is 5.75 Å². The molecule has 146 heavy (non-hydrogen) atoms. The van der Waals surface area contributed by atoms with Gasteiger partial charge in [-0.05, 0) is 217 Å². The highest BCUT2D eigenvalue weighted by Gasteiger charge is 2.31. The third-order valence-electron chi connectivity index (χ3n) is 19.1. The number of pyridine rings is 1. The molecule has 0 saturated heterocycles. The van der Waals surface area contributed by atoms with Gasteiger partial charge in [0.25, 0.3) is 41.1 Å². The number of nitriles is 6. The summed E-state index contributed by atoms with van der Waals surface area (Å²) in [5.41, 5.74) is 5.13. The van der Waals surface area contributed by atoms with Crippen molar-refractivity contribution in [1.82, 2.24) is 46.9 Å². The normalized spacial score (nSPS) is 10.9. The van der Waals surface area contributed by atoms with E-state index < -0.39 is 58.1 Å². The number of aromatic nitrogens is 3. The lowest BCUT2D eigenvalue weighted by atomic mass is 10.1. The number of H-pyrrole nitrogens is 1. The third-order valence-corrected chi connectivity index (χ3v) is 21.9. The molecule has 0 aliphatic heterocycles. The number of nitrogens with zero attached hydrogens (tertiary/aromatic N) is 9. The van der Waals surface area contributed by atoms with E-state index in [9.17, 15) is 67.4 Å². The Balaban J connectivity index is 0.000000238. The topological polar surface area (TPSA) is 465 Å². The van der Waals surface area contributed by atoms with Crippen molar-refractivity contribution < 1.29 is 75.3 Å². The number of halogens is 11. The monoisotopic (exact) mass is 2170 g/mol. The standard InChI is InChI=1S/C21H19ClN2O5.C18H11Cl2F3N2O.C18H15N3O4.C17H11Cl3N2O.C16H11BrClN3O.C15H14N4O2/c1-13(25)29-20-18(27-2)9-14(10-19(20)28-3)8-16(11-23)21(26)24-12-15-6-4-5-7-17(15)22;19-15-7-11(6-14(8-15)18(21,22)23)5-13(9-24)17(26)25-10-12-3-1-2-4-16(12)20;1-25-17-4-2-3-14(10-17)12-20-18(22)15(11-19)9-13-5-7-16(8-6-13)21(23)24;18-14-4-2-1-3-12(14)10-22-17(23)13(9-21)7-11-5-6-15(19)16(20)8-11;17-15-7-3-5-13(21-15)8-12(9-19)16(22)20-10-11-4-1-2-6-14(11)18;1-21-13-4-2-3-11(7-13)10-19-15(20)12(9-16)8-14-17-5-6-18-14/h4-10H,12H2,1-3H3,(H,24,26);1-8H,10H2,(H,25,26);2-10H,12H2,1H3,(H,20,22);1-8H,10H2,(H,22,23);1-8H,10H2,(H,20,22);2-8H,10H2,1H3,(H,17,18)(H,19,20)/b16-8+;13-5+;15-9+;13-7+;2*12-8+. The first-order valence-electron chi connectivity index (χ1n) is 42.2. The molecule has 30 nitrogen and oxygen atoms in total. The van der Waals surface area contributed by atoms with Gasteiger partial charge in [0.1, 0.15) is 91.8 Å². The van der Waals surface area contributed by atoms with E-state index in [4.69, 9.17) is 126 Å². The molecule has 0 aliphatic carbocycles. The van der Waals surface area contributed by atoms with Gasteiger partial charge < -0.3 is 60.6 Å². The van der Waals surface area contributed by atoms with Gasteiger partial charge in [0, 0.05) is 102 Å². The fourth-order valence-electron chi connectivity index (χ4n) is 11.9. The van der Waals surface area contributed by atoms with E-state index in [0.717, 1.165) is 46.0 Å². The van der Waals surface area contributed by atoms with Crippen molar-refractivity contribution in [3.05, 3.63) is 405 Å². The van der Waals surface area contributed by atoms with Crippen LogP contribution >= 0.6 is 97.1 Å². The molecule has 0 saturated carbocycles. The van der Waals surface area contributed by atoms with Crippen LogP contribution in [0, 0.1) is 78.1 Å². The molecule has 2 aromatic heterocycles. The Morgan fingerprint density at radius 2 is 0.781 bits per heavy atom. The Kier molecular flexibility index (Phi) is 48.0. The minimum absolute atomic E-state index is 0.00531. The number of hydrogen-bond acceptors (Lipinski definition) is 22. The van der Waals surface area contributed by atoms with Crippen LogP contribution in [0.15, 0.2) is 287 Å². The number of imidazole rings is 1. The number of methoxy groups -OCH3 is 4. The lowest BCUT2D eigenvalue weighted by Crippen LogP contribution is -2.24. The lowest BCUT2D eigenvalue weighted by Gasteiger charge is -2.13. The fourth-order valence-corrected chi connectivity index (χ4v) is 13.6. The van der Waals surface area contributed by atoms with E-state index >= 15 is 0 Å². The molecule has 12 rings (SSSR count). The van der Waals surface area contributed by atoms with E-state index in [1.54, 1.807) is 160 Å². The van der Waals surface area contributed by atoms with E-state index in [-0.39, 0.29) is 99.7 Å². The molecule has 6 amide bonds. The van der Waals surface area contributed by atoms with Crippen LogP contribution in [0.4, 0.5) is 18.9 Å². The van der Waals surface area contributed by atoms with Crippen molar-refractivity contribution in [1.29, 1.82) is 31.6 Å². The van der Waals surface area contributed by atoms with Crippen LogP contribution in [0.25, 0.3) is 36.5 Å². The maximum atomic E-state index is 12.8. The largest absolute Gasteiger partial charge is 0.497 e. The van der Waals surface area contributed by atoms with Crippen molar-refractivity contribution in [2.45, 2.75) is 52.4 Å². The number of esters is 1. The van der Waals surface area contributed by atoms with Crippen molar-refractivity contribution in [3.63, 3.8) is 0 Å². The number of non-ortho nitro benzene ring substituents is 1. The molecule has 0 atom stereocenters. The van der Waals surface area contributed by atoms with E-state index in [1.807, 2.05) is 84.9 Å². The van der Waals surface area contributed by atoms with Crippen LogP contribution in [0.5, 0.6) is 28.7 Å². The average Bonchev–Trinajstić information content (AvgIpc) is 1.07. The molecule has 0 radical (unpaired) electrons. The van der Waals surface area contributed by atoms with Gasteiger partial charge in [-0.2, -0.15) is 44.7 Å². The van der Waals surface area contributed by atoms with Crippen molar-refractivity contribution in [3.8, 4) is 65.2 Å². The highest BCUT2D eigenvalue weighted by atomic mass is 79.9. The zero-order valence-electron chi connectivity index (χ0n) is 77.3. The summed E-state index contributed by atoms with van der Waals surface area (Å²) >= 11 is 44.8. The second-order valence-electron chi connectivity index (χ2n) is 29.2. The summed E-state index contributed by atoms with van der Waals surface area (Å²) in [4.78, 5) is 105. The Bertz CT molecular complexity index is 7180. The summed E-state index contributed by atoms with van der Waals surface area (Å²) in [5.74, 6) is -1.36. The quantitative estimate of drug-likeness (QED) is 0.00418. The van der Waals surface area contributed by atoms with Gasteiger partial charge in [0.05, 0.1) is 54.7 Å². The molecule has 7 N–H and O–H groups in total. The lowest BCUT2D eigenvalue weighted by molar-refractivity contribution is -0.384. The van der Waals surface area contributed by atoms with Gasteiger partial charge in [-0.25, -0.2) is 9.97 Å². The summed E-state index contributed by atoms with van der Waals surface area (Å²) in [6.45, 7) is 2.55. The van der Waals surface area contributed by atoms with Gasteiger partial charge >= 0.3 is 12.1 Å². The molecule has 41 heteroatoms. The second kappa shape index (κ2) is 60.4. The van der Waals surface area contributed by atoms with Gasteiger partial charge in [-0.15, -0.1) is 0 Å². The SMILES string of the molecule is COc1cc(/C=C(\C#N)C(=O)NCc2ccccc2Cl)cc(OC)c1OC(C)=O.COc1cccc(CNC(=O)/C(C#N)=C/c2ccc([N+](=O)[O-])cc2)c1.COc1cccc(CNC(=O)/C(C#N)=C/c2ncc[nH]2)c1.N#C/C(=C\c1cc(Cl)cc(C(F)(F)F)c1)C(=O)NCc1ccccc1Cl.N#C/C(=C\c1ccc(Cl)c(Cl)c1)C(=O)NCc1ccccc1Cl.N#C/C(=C\c1cccc(Br)n1)C(=O)NCc1ccccc1Cl. The van der Waals surface area contributed by atoms with Crippen molar-refractivity contribution >= 4 is 181 Å². The summed E-state index contributed by atoms with van der Waals surface area (Å²) in [5, 5.41) is 84.2. The predicted octanol–water partition coefficient (Wildman–Crippen LogP) is 21.8. The number of ether oxygens (including phenoxy) is 5. The molecule has 2 heterocycles. The Hall–Kier alpha value is -16.9. The van der Waals surface area contributed by atoms with E-state index in [0.29, 0.717) is 86.6 Å². The maximum absolute atomic E-state index is 12.8. The number of amides is 6. The molecule has 0 spiro atoms. The Labute approximate surface area is 879 Å². The summed E-state index contributed by atoms with van der Waals surface area (Å²) in [6, 6.07) is 75.4. The van der Waals surface area contributed by atoms with Crippen LogP contribution < -0.4 is 55.6 Å². The van der Waals surface area contributed by atoms with Crippen LogP contribution in [-0.4, -0.2) is 89.7 Å². The molecule has 742 valence electrons. The number of rotatable bonds is 30. The van der Waals surface area contributed by atoms with Gasteiger partial charge in [-0.1, -0.05) is 190 Å². The van der Waals surface area contributed by atoms with Gasteiger partial charge in [-0.3, -0.25) is 43.7 Å². The number of carbonyl (C=O) groups excluding carboxylic acids is 7. The number of nitrogens with one attached hydrogen (secondary N) is 7. The van der Waals surface area contributed by atoms with Crippen molar-refractivity contribution in [2.24, 2.45) is 0 Å². The summed E-state index contributed by atoms with van der Waals surface area (Å²) < 4.78 is 65.0. The first-order valence-corrected chi connectivity index (χ1v) is 45.6. The number of nitro groups is 1. The first-order chi connectivity index (χ1) is 69.9. The minimum Gasteiger partial charge on any atom is -0.497 e. The predicted molar refractivity (Wildman–Crippen MR) is 552 cm³/mol. The zero-order valence-corrected chi connectivity index (χ0v) is 84.2. The van der Waals surface area contributed by atoms with Crippen LogP contribution in [-0.2, 0) is 79.0 Å². The zero-order chi connectivity index (χ0) is 107. The first kappa shape index (κ1) is 116. The van der Waals surface area contributed by atoms with Crippen LogP contribution in [0.3, 0.4) is 0 Å². The fraction of sp³-hybridized carbons (Fsp3) is 0.114. The van der Waals surface area contributed by atoms with E-state index in [1.165, 1.54) is 94.0 Å². The molecule has 0 bridgehead atoms. The number of nitro benzene ring substituents is 1. The molecular formula is C105H81BrCl7F3N16O14. The summed E-state index contributed by atoms with van der Waals surface area (Å²) in [6.07, 6.45) is 6.67. The number of aromatic amines is 1. The van der Waals surface area contributed by atoms with Crippen molar-refractivity contribution in [2.75, 3.05) is 28.4 Å². The number of carbonyl (C=O) groups is 7.